The minimum Gasteiger partial charge on any atom is -0.481 e. The maximum absolute atomic E-state index is 14.9. The van der Waals surface area contributed by atoms with Gasteiger partial charge in [0.05, 0.1) is 17.4 Å². The first-order valence-corrected chi connectivity index (χ1v) is 16.2. The quantitative estimate of drug-likeness (QED) is 0.0763. The Morgan fingerprint density at radius 1 is 1.00 bits per heavy atom. The normalized spacial score (nSPS) is 40.5. The van der Waals surface area contributed by atoms with Gasteiger partial charge in [-0.15, -0.1) is 11.6 Å². The second-order valence-electron chi connectivity index (χ2n) is 13.5. The molecule has 9 atom stereocenters. The molecule has 1 aliphatic heterocycles. The van der Waals surface area contributed by atoms with E-state index in [1.54, 1.807) is 20.8 Å². The number of ketones is 4. The van der Waals surface area contributed by atoms with Crippen molar-refractivity contribution in [3.8, 4) is 0 Å². The van der Waals surface area contributed by atoms with Crippen LogP contribution in [0.4, 0.5) is 0 Å². The third kappa shape index (κ3) is 4.00. The Morgan fingerprint density at radius 3 is 2.29 bits per heavy atom. The molecule has 3 N–H and O–H groups in total. The number of aliphatic hydroxyl groups is 1. The lowest BCUT2D eigenvalue weighted by atomic mass is 9.64. The van der Waals surface area contributed by atoms with Gasteiger partial charge in [-0.2, -0.15) is 0 Å². The summed E-state index contributed by atoms with van der Waals surface area (Å²) in [4.78, 5) is 94.2. The van der Waals surface area contributed by atoms with E-state index in [4.69, 9.17) is 11.6 Å². The molecular weight excluding hydrogens is 602 g/mol. The van der Waals surface area contributed by atoms with Crippen molar-refractivity contribution in [3.05, 3.63) is 35.5 Å². The number of fused-ring (bicyclic) bond motifs is 2. The number of nitrogens with one attached hydrogen (secondary N) is 1. The molecule has 2 amide bonds. The highest BCUT2D eigenvalue weighted by Crippen LogP contribution is 2.83. The molecule has 5 aliphatic rings. The number of piperidine rings is 1. The van der Waals surface area contributed by atoms with Gasteiger partial charge in [-0.25, -0.2) is 0 Å². The fourth-order valence-corrected chi connectivity index (χ4v) is 10.2. The Hall–Kier alpha value is -3.24. The Bertz CT molecular complexity index is 1510. The summed E-state index contributed by atoms with van der Waals surface area (Å²) < 4.78 is 0. The lowest BCUT2D eigenvalue weighted by Crippen LogP contribution is -2.53. The number of carbonyl (C=O) groups excluding carboxylic acids is 6. The van der Waals surface area contributed by atoms with E-state index in [0.717, 1.165) is 18.9 Å². The standard InChI is InChI=1S/C34H40ClNO9/c1-5-8-9-10-13-32-29(43)36-30(44)33(32)27(40)23(20(11-6-2)26(39)34(32,33)35)25(38)24-22-17(4)14-18(28(41)42)15-19(22)16-31(24,45)21(37)12-7-3/h6-7,11-12,17-19,22,24,45H,5,8-10,13-16H2,1-4H3,(H,41,42)(H,36,43,44). The van der Waals surface area contributed by atoms with Crippen LogP contribution in [0, 0.1) is 40.4 Å². The molecule has 9 unspecified atom stereocenters. The zero-order valence-corrected chi connectivity index (χ0v) is 26.7. The highest BCUT2D eigenvalue weighted by atomic mass is 35.5. The average molecular weight is 642 g/mol. The number of Topliss-reactive ketones (excluding diaryl/α,β-unsaturated/α-hetero) is 3. The van der Waals surface area contributed by atoms with Crippen LogP contribution in [0.15, 0.2) is 35.5 Å². The lowest BCUT2D eigenvalue weighted by molar-refractivity contribution is -0.147. The smallest absolute Gasteiger partial charge is 0.306 e. The Kier molecular flexibility index (Phi) is 8.27. The summed E-state index contributed by atoms with van der Waals surface area (Å²) in [6.45, 7) is 6.88. The topological polar surface area (TPSA) is 172 Å². The first-order valence-electron chi connectivity index (χ1n) is 15.9. The largest absolute Gasteiger partial charge is 0.481 e. The predicted molar refractivity (Wildman–Crippen MR) is 162 cm³/mol. The molecule has 3 saturated carbocycles. The number of allylic oxidation sites excluding steroid dienone is 5. The molecule has 0 bridgehead atoms. The molecular formula is C34H40ClNO9. The number of halogens is 1. The fourth-order valence-electron chi connectivity index (χ4n) is 9.51. The third-order valence-corrected chi connectivity index (χ3v) is 12.1. The molecule has 4 aliphatic carbocycles. The van der Waals surface area contributed by atoms with E-state index < -0.39 is 97.4 Å². The molecule has 1 spiro atoms. The summed E-state index contributed by atoms with van der Waals surface area (Å²) >= 11 is 7.00. The van der Waals surface area contributed by atoms with Crippen LogP contribution in [0.1, 0.15) is 79.1 Å². The van der Waals surface area contributed by atoms with Crippen LogP contribution in [0.3, 0.4) is 0 Å². The molecule has 0 aromatic heterocycles. The van der Waals surface area contributed by atoms with Crippen molar-refractivity contribution in [3.63, 3.8) is 0 Å². The van der Waals surface area contributed by atoms with Gasteiger partial charge in [0.15, 0.2) is 28.5 Å². The van der Waals surface area contributed by atoms with Crippen LogP contribution in [0.25, 0.3) is 0 Å². The number of amides is 2. The van der Waals surface area contributed by atoms with Crippen molar-refractivity contribution in [1.82, 2.24) is 5.32 Å². The van der Waals surface area contributed by atoms with E-state index in [0.29, 0.717) is 12.8 Å². The van der Waals surface area contributed by atoms with Gasteiger partial charge in [0.2, 0.25) is 11.8 Å². The first kappa shape index (κ1) is 33.1. The minimum absolute atomic E-state index is 0.0123. The molecule has 5 rings (SSSR count). The van der Waals surface area contributed by atoms with Crippen molar-refractivity contribution < 1.29 is 43.8 Å². The van der Waals surface area contributed by atoms with Gasteiger partial charge in [-0.05, 0) is 63.4 Å². The number of imide groups is 1. The van der Waals surface area contributed by atoms with Gasteiger partial charge in [0.25, 0.3) is 0 Å². The molecule has 1 heterocycles. The van der Waals surface area contributed by atoms with Crippen molar-refractivity contribution >= 4 is 52.5 Å². The number of carboxylic acids is 1. The maximum atomic E-state index is 14.9. The molecule has 0 radical (unpaired) electrons. The number of rotatable bonds is 11. The number of carboxylic acid groups (broad SMARTS) is 1. The number of aliphatic carboxylic acids is 1. The number of unbranched alkanes of at least 4 members (excludes halogenated alkanes) is 3. The Labute approximate surface area is 266 Å². The molecule has 45 heavy (non-hydrogen) atoms. The average Bonchev–Trinajstić information content (AvgIpc) is 3.17. The first-order chi connectivity index (χ1) is 21.2. The Balaban J connectivity index is 1.67. The molecule has 10 nitrogen and oxygen atoms in total. The molecule has 0 aromatic rings. The van der Waals surface area contributed by atoms with Crippen molar-refractivity contribution in [1.29, 1.82) is 0 Å². The number of hydrogen-bond donors (Lipinski definition) is 3. The van der Waals surface area contributed by atoms with Crippen LogP contribution < -0.4 is 5.32 Å². The number of alkyl halides is 1. The summed E-state index contributed by atoms with van der Waals surface area (Å²) in [6.07, 6.45) is 8.14. The van der Waals surface area contributed by atoms with Crippen LogP contribution in [0.5, 0.6) is 0 Å². The van der Waals surface area contributed by atoms with Crippen LogP contribution in [-0.2, 0) is 33.6 Å². The van der Waals surface area contributed by atoms with Crippen LogP contribution >= 0.6 is 11.6 Å². The second kappa shape index (κ2) is 11.2. The summed E-state index contributed by atoms with van der Waals surface area (Å²) in [7, 11) is 0. The van der Waals surface area contributed by atoms with Gasteiger partial charge in [-0.1, -0.05) is 57.8 Å². The molecule has 4 fully saturated rings. The van der Waals surface area contributed by atoms with Crippen LogP contribution in [0.2, 0.25) is 0 Å². The predicted octanol–water partition coefficient (Wildman–Crippen LogP) is 3.43. The van der Waals surface area contributed by atoms with E-state index in [2.05, 4.69) is 5.32 Å². The SMILES string of the molecule is CC=CC(=O)C1(O)CC2CC(C(=O)O)CC(C)C2C1C(=O)C1=C(C=CC)C(=O)C2(Cl)C3(CCCCCC)C(=O)NC(=O)C23C1=O. The van der Waals surface area contributed by atoms with E-state index in [1.807, 2.05) is 6.92 Å². The zero-order valence-electron chi connectivity index (χ0n) is 26.0. The monoisotopic (exact) mass is 641 g/mol. The van der Waals surface area contributed by atoms with E-state index in [1.165, 1.54) is 18.2 Å². The van der Waals surface area contributed by atoms with E-state index in [9.17, 15) is 43.8 Å². The minimum atomic E-state index is -2.33. The zero-order chi connectivity index (χ0) is 33.3. The fraction of sp³-hybridized carbons (Fsp3) is 0.618. The molecule has 0 aromatic carbocycles. The van der Waals surface area contributed by atoms with Gasteiger partial charge in [-0.3, -0.25) is 38.9 Å². The maximum Gasteiger partial charge on any atom is 0.306 e. The summed E-state index contributed by atoms with van der Waals surface area (Å²) in [5, 5.41) is 24.0. The Morgan fingerprint density at radius 2 is 1.69 bits per heavy atom. The summed E-state index contributed by atoms with van der Waals surface area (Å²) in [5.41, 5.74) is -7.49. The highest BCUT2D eigenvalue weighted by Gasteiger charge is 3.02. The molecule has 242 valence electrons. The van der Waals surface area contributed by atoms with Gasteiger partial charge in [0.1, 0.15) is 15.9 Å². The van der Waals surface area contributed by atoms with Crippen molar-refractivity contribution in [2.75, 3.05) is 0 Å². The number of hydrogen-bond acceptors (Lipinski definition) is 8. The molecule has 11 heteroatoms. The number of carbonyl (C=O) groups is 7. The van der Waals surface area contributed by atoms with Crippen LogP contribution in [-0.4, -0.2) is 61.6 Å². The third-order valence-electron chi connectivity index (χ3n) is 11.3. The van der Waals surface area contributed by atoms with E-state index in [-0.39, 0.29) is 31.3 Å². The lowest BCUT2D eigenvalue weighted by Gasteiger charge is -2.39. The summed E-state index contributed by atoms with van der Waals surface area (Å²) in [6, 6.07) is 0. The summed E-state index contributed by atoms with van der Waals surface area (Å²) in [5.74, 6) is -10.4. The van der Waals surface area contributed by atoms with Gasteiger partial charge in [0, 0.05) is 5.57 Å². The van der Waals surface area contributed by atoms with Crippen molar-refractivity contribution in [2.24, 2.45) is 40.4 Å². The van der Waals surface area contributed by atoms with Gasteiger partial charge < -0.3 is 10.2 Å². The highest BCUT2D eigenvalue weighted by molar-refractivity contribution is 6.58. The van der Waals surface area contributed by atoms with E-state index >= 15 is 0 Å². The second-order valence-corrected chi connectivity index (χ2v) is 14.1. The van der Waals surface area contributed by atoms with Crippen molar-refractivity contribution in [2.45, 2.75) is 89.5 Å². The molecule has 1 saturated heterocycles. The van der Waals surface area contributed by atoms with Gasteiger partial charge >= 0.3 is 5.97 Å².